The lowest BCUT2D eigenvalue weighted by molar-refractivity contribution is -0.151. The van der Waals surface area contributed by atoms with E-state index in [4.69, 9.17) is 0 Å². The molecule has 4 rings (SSSR count). The first-order valence-corrected chi connectivity index (χ1v) is 18.5. The van der Waals surface area contributed by atoms with Gasteiger partial charge < -0.3 is 40.3 Å². The number of ketones is 4. The highest BCUT2D eigenvalue weighted by Gasteiger charge is 2.33. The van der Waals surface area contributed by atoms with E-state index < -0.39 is 46.8 Å². The number of rotatable bonds is 16. The summed E-state index contributed by atoms with van der Waals surface area (Å²) in [7, 11) is 4.00. The fraction of sp³-hybridized carbons (Fsp3) is 0.191. The number of phenols is 4. The molecule has 318 valence electrons. The number of aliphatic hydroxyl groups excluding tert-OH is 2. The van der Waals surface area contributed by atoms with Crippen LogP contribution in [0.4, 0.5) is 0 Å². The van der Waals surface area contributed by atoms with Crippen LogP contribution in [0.3, 0.4) is 0 Å². The van der Waals surface area contributed by atoms with Crippen LogP contribution in [0.2, 0.25) is 0 Å². The summed E-state index contributed by atoms with van der Waals surface area (Å²) >= 11 is 0. The average molecular weight is 834 g/mol. The van der Waals surface area contributed by atoms with Gasteiger partial charge in [-0.2, -0.15) is 0 Å². The lowest BCUT2D eigenvalue weighted by Gasteiger charge is -2.16. The van der Waals surface area contributed by atoms with Crippen LogP contribution in [0.5, 0.6) is 23.0 Å². The first kappa shape index (κ1) is 48.0. The zero-order valence-corrected chi connectivity index (χ0v) is 34.1. The fourth-order valence-electron chi connectivity index (χ4n) is 5.47. The highest BCUT2D eigenvalue weighted by molar-refractivity contribution is 6.26. The minimum absolute atomic E-state index is 0.0728. The van der Waals surface area contributed by atoms with Gasteiger partial charge >= 0.3 is 5.97 Å². The number of phenolic OH excluding ortho intramolecular Hbond substituents is 2. The van der Waals surface area contributed by atoms with Gasteiger partial charge in [-0.25, -0.2) is 0 Å². The smallest absolute Gasteiger partial charge is 0.324 e. The second kappa shape index (κ2) is 22.7. The number of carbonyl (C=O) groups excluding carboxylic acids is 6. The largest absolute Gasteiger partial charge is 0.508 e. The standard InChI is InChI=1S/C24H25NO6.C23H22O7/c1-15-12-16(4-8-19(15)27)6-10-21(29)23(24(31)25(2)3)22(30)11-7-17-5-9-20(28)18(13-17)14-26;1-14-11-15(3-7-18(14)25)5-9-20(27)22(23(29)30-2)21(28)10-6-16-4-8-19(26)17(12-16)13-24/h4-13,23,26-28H,14H2,1-3H3;3-12,22,24-26H,13H2,1-2H3/b10-6+,11-7+;9-5+,10-6+. The number of benzene rings is 4. The molecule has 0 saturated carbocycles. The van der Waals surface area contributed by atoms with Crippen molar-refractivity contribution in [2.45, 2.75) is 27.1 Å². The van der Waals surface area contributed by atoms with Gasteiger partial charge in [0.05, 0.1) is 20.3 Å². The Bertz CT molecular complexity index is 2410. The summed E-state index contributed by atoms with van der Waals surface area (Å²) in [4.78, 5) is 76.2. The molecular weight excluding hydrogens is 787 g/mol. The van der Waals surface area contributed by atoms with Crippen LogP contribution in [0, 0.1) is 25.7 Å². The SMILES string of the molecule is COC(=O)C(C(=O)/C=C/c1ccc(O)c(C)c1)C(=O)/C=C/c1ccc(O)c(CO)c1.Cc1cc(/C=C/C(=O)C(C(=O)/C=C/c2ccc(O)c(CO)c2)C(=O)N(C)C)ccc1O. The maximum absolute atomic E-state index is 12.7. The third-order valence-electron chi connectivity index (χ3n) is 9.01. The van der Waals surface area contributed by atoms with Crippen molar-refractivity contribution in [3.63, 3.8) is 0 Å². The number of hydrogen-bond donors (Lipinski definition) is 6. The Morgan fingerprint density at radius 2 is 0.836 bits per heavy atom. The maximum Gasteiger partial charge on any atom is 0.324 e. The lowest BCUT2D eigenvalue weighted by atomic mass is 9.95. The van der Waals surface area contributed by atoms with Crippen molar-refractivity contribution in [2.75, 3.05) is 21.2 Å². The van der Waals surface area contributed by atoms with Crippen LogP contribution < -0.4 is 0 Å². The minimum atomic E-state index is -1.66. The first-order valence-electron chi connectivity index (χ1n) is 18.5. The number of amides is 1. The molecule has 6 N–H and O–H groups in total. The molecule has 0 saturated heterocycles. The molecule has 0 aliphatic carbocycles. The molecule has 0 aliphatic rings. The molecule has 2 atom stereocenters. The fourth-order valence-corrected chi connectivity index (χ4v) is 5.47. The van der Waals surface area contributed by atoms with Gasteiger partial charge in [-0.05, 0) is 120 Å². The quantitative estimate of drug-likeness (QED) is 0.0495. The third kappa shape index (κ3) is 13.8. The van der Waals surface area contributed by atoms with E-state index in [0.717, 1.165) is 25.3 Å². The summed E-state index contributed by atoms with van der Waals surface area (Å²) in [5.41, 5.74) is 4.09. The summed E-state index contributed by atoms with van der Waals surface area (Å²) in [6.45, 7) is 2.66. The van der Waals surface area contributed by atoms with Gasteiger partial charge in [0.1, 0.15) is 23.0 Å². The number of carbonyl (C=O) groups is 6. The zero-order valence-electron chi connectivity index (χ0n) is 34.1. The molecule has 0 aliphatic heterocycles. The number of allylic oxidation sites excluding steroid dienone is 4. The molecule has 0 aromatic heterocycles. The van der Waals surface area contributed by atoms with E-state index in [9.17, 15) is 59.4 Å². The van der Waals surface area contributed by atoms with Crippen molar-refractivity contribution in [1.29, 1.82) is 0 Å². The van der Waals surface area contributed by atoms with Crippen molar-refractivity contribution in [2.24, 2.45) is 11.8 Å². The summed E-state index contributed by atoms with van der Waals surface area (Å²) in [6, 6.07) is 18.3. The molecule has 4 aromatic rings. The van der Waals surface area contributed by atoms with Crippen molar-refractivity contribution >= 4 is 59.3 Å². The van der Waals surface area contributed by atoms with E-state index >= 15 is 0 Å². The predicted octanol–water partition coefficient (Wildman–Crippen LogP) is 5.02. The number of nitrogens with zero attached hydrogens (tertiary/aromatic N) is 1. The van der Waals surface area contributed by atoms with E-state index in [1.54, 1.807) is 38.1 Å². The Morgan fingerprint density at radius 3 is 1.13 bits per heavy atom. The van der Waals surface area contributed by atoms with E-state index in [0.29, 0.717) is 38.9 Å². The van der Waals surface area contributed by atoms with Crippen molar-refractivity contribution in [3.05, 3.63) is 142 Å². The van der Waals surface area contributed by atoms with Crippen molar-refractivity contribution < 1.29 is 64.1 Å². The molecule has 0 fully saturated rings. The minimum Gasteiger partial charge on any atom is -0.508 e. The molecular formula is C47H47NO13. The summed E-state index contributed by atoms with van der Waals surface area (Å²) in [6.07, 6.45) is 10.2. The lowest BCUT2D eigenvalue weighted by Crippen LogP contribution is -2.38. The maximum atomic E-state index is 12.7. The van der Waals surface area contributed by atoms with Gasteiger partial charge in [-0.3, -0.25) is 28.8 Å². The first-order chi connectivity index (χ1) is 28.9. The Balaban J connectivity index is 0.000000325. The number of aromatic hydroxyl groups is 4. The van der Waals surface area contributed by atoms with Crippen LogP contribution in [0.25, 0.3) is 24.3 Å². The molecule has 0 radical (unpaired) electrons. The summed E-state index contributed by atoms with van der Waals surface area (Å²) < 4.78 is 4.60. The molecule has 14 heteroatoms. The number of aryl methyl sites for hydroxylation is 2. The topological polar surface area (TPSA) is 236 Å². The molecule has 0 spiro atoms. The Morgan fingerprint density at radius 1 is 0.525 bits per heavy atom. The predicted molar refractivity (Wildman–Crippen MR) is 228 cm³/mol. The Kier molecular flexibility index (Phi) is 17.8. The van der Waals surface area contributed by atoms with Crippen molar-refractivity contribution in [3.8, 4) is 23.0 Å². The molecule has 0 bridgehead atoms. The van der Waals surface area contributed by atoms with Gasteiger partial charge in [0.2, 0.25) is 5.91 Å². The van der Waals surface area contributed by atoms with E-state index in [2.05, 4.69) is 4.74 Å². The molecule has 1 amide bonds. The third-order valence-corrected chi connectivity index (χ3v) is 9.01. The van der Waals surface area contributed by atoms with Crippen LogP contribution in [0.15, 0.2) is 97.1 Å². The molecule has 61 heavy (non-hydrogen) atoms. The van der Waals surface area contributed by atoms with Gasteiger partial charge in [-0.15, -0.1) is 0 Å². The molecule has 2 unspecified atom stereocenters. The number of ether oxygens (including phenoxy) is 1. The van der Waals surface area contributed by atoms with E-state index in [1.165, 1.54) is 97.9 Å². The number of hydrogen-bond acceptors (Lipinski definition) is 13. The summed E-state index contributed by atoms with van der Waals surface area (Å²) in [5.74, 6) is -7.60. The molecule has 4 aromatic carbocycles. The zero-order chi connectivity index (χ0) is 45.4. The second-order valence-electron chi connectivity index (χ2n) is 13.7. The number of esters is 1. The van der Waals surface area contributed by atoms with Crippen LogP contribution in [-0.2, 0) is 46.7 Å². The van der Waals surface area contributed by atoms with E-state index in [1.807, 2.05) is 0 Å². The van der Waals surface area contributed by atoms with Crippen LogP contribution >= 0.6 is 0 Å². The Hall–Kier alpha value is -7.42. The van der Waals surface area contributed by atoms with Crippen molar-refractivity contribution in [1.82, 2.24) is 4.90 Å². The van der Waals surface area contributed by atoms with E-state index in [-0.39, 0.29) is 41.8 Å². The summed E-state index contributed by atoms with van der Waals surface area (Å²) in [5, 5.41) is 56.8. The monoisotopic (exact) mass is 833 g/mol. The van der Waals surface area contributed by atoms with Gasteiger partial charge in [-0.1, -0.05) is 48.6 Å². The highest BCUT2D eigenvalue weighted by Crippen LogP contribution is 2.23. The van der Waals surface area contributed by atoms with Crippen LogP contribution in [-0.4, -0.2) is 91.8 Å². The second-order valence-corrected chi connectivity index (χ2v) is 13.7. The average Bonchev–Trinajstić information content (AvgIpc) is 3.24. The number of methoxy groups -OCH3 is 1. The molecule has 0 heterocycles. The Labute approximate surface area is 352 Å². The van der Waals surface area contributed by atoms with Gasteiger partial charge in [0.15, 0.2) is 35.0 Å². The highest BCUT2D eigenvalue weighted by atomic mass is 16.5. The number of aliphatic hydroxyl groups is 2. The molecule has 14 nitrogen and oxygen atoms in total. The van der Waals surface area contributed by atoms with Gasteiger partial charge in [0, 0.05) is 25.2 Å². The van der Waals surface area contributed by atoms with Gasteiger partial charge in [0.25, 0.3) is 0 Å². The van der Waals surface area contributed by atoms with Crippen LogP contribution in [0.1, 0.15) is 44.5 Å². The normalized spacial score (nSPS) is 12.2.